The number of Topliss-reactive ketones (excluding diaryl/α,β-unsaturated/α-hetero) is 2. The number of carbonyl (C=O) groups is 3. The van der Waals surface area contributed by atoms with Crippen LogP contribution in [0.2, 0.25) is 0 Å². The minimum absolute atomic E-state index is 0.0457. The first-order chi connectivity index (χ1) is 11.5. The Labute approximate surface area is 139 Å². The lowest BCUT2D eigenvalue weighted by atomic mass is 9.78. The summed E-state index contributed by atoms with van der Waals surface area (Å²) in [5, 5.41) is 0. The van der Waals surface area contributed by atoms with Gasteiger partial charge in [0.25, 0.3) is 0 Å². The van der Waals surface area contributed by atoms with E-state index in [9.17, 15) is 14.4 Å². The number of ether oxygens (including phenoxy) is 3. The van der Waals surface area contributed by atoms with E-state index in [-0.39, 0.29) is 30.0 Å². The summed E-state index contributed by atoms with van der Waals surface area (Å²) in [6.07, 6.45) is -0.784. The molecule has 1 aliphatic heterocycles. The number of ketones is 2. The zero-order valence-corrected chi connectivity index (χ0v) is 13.8. The van der Waals surface area contributed by atoms with E-state index in [4.69, 9.17) is 9.47 Å². The number of hydrogen-bond donors (Lipinski definition) is 0. The van der Waals surface area contributed by atoms with Crippen LogP contribution >= 0.6 is 0 Å². The molecule has 126 valence electrons. The lowest BCUT2D eigenvalue weighted by molar-refractivity contribution is -0.144. The second-order valence-electron chi connectivity index (χ2n) is 5.82. The van der Waals surface area contributed by atoms with Crippen LogP contribution in [0.1, 0.15) is 40.5 Å². The van der Waals surface area contributed by atoms with Gasteiger partial charge in [0, 0.05) is 23.1 Å². The van der Waals surface area contributed by atoms with Crippen LogP contribution in [0.4, 0.5) is 0 Å². The van der Waals surface area contributed by atoms with Crippen molar-refractivity contribution in [2.75, 3.05) is 14.2 Å². The molecule has 6 heteroatoms. The van der Waals surface area contributed by atoms with Crippen molar-refractivity contribution in [2.45, 2.75) is 32.0 Å². The number of esters is 1. The molecule has 2 aliphatic rings. The van der Waals surface area contributed by atoms with Crippen molar-refractivity contribution in [2.24, 2.45) is 0 Å². The third-order valence-electron chi connectivity index (χ3n) is 4.42. The maximum absolute atomic E-state index is 12.9. The van der Waals surface area contributed by atoms with Crippen molar-refractivity contribution in [3.8, 4) is 5.75 Å². The van der Waals surface area contributed by atoms with Gasteiger partial charge in [0.05, 0.1) is 38.4 Å². The van der Waals surface area contributed by atoms with Gasteiger partial charge in [-0.05, 0) is 13.0 Å². The predicted octanol–water partition coefficient (Wildman–Crippen LogP) is 2.11. The highest BCUT2D eigenvalue weighted by Gasteiger charge is 2.41. The summed E-state index contributed by atoms with van der Waals surface area (Å²) < 4.78 is 15.7. The Kier molecular flexibility index (Phi) is 4.24. The number of carbonyl (C=O) groups excluding carboxylic acids is 3. The maximum Gasteiger partial charge on any atom is 0.308 e. The lowest BCUT2D eigenvalue weighted by Crippen LogP contribution is -2.38. The van der Waals surface area contributed by atoms with Crippen molar-refractivity contribution in [1.29, 1.82) is 0 Å². The van der Waals surface area contributed by atoms with Gasteiger partial charge in [0.2, 0.25) is 0 Å². The average Bonchev–Trinajstić information content (AvgIpc) is 2.58. The number of rotatable bonds is 3. The van der Waals surface area contributed by atoms with Crippen LogP contribution in [0.5, 0.6) is 5.75 Å². The molecule has 0 amide bonds. The van der Waals surface area contributed by atoms with Crippen LogP contribution in [-0.2, 0) is 14.3 Å². The Bertz CT molecular complexity index is 761. The SMILES string of the molecule is COC(=O)C[C@@H]1CC2=C(C(=O)c3c(OC)cccc3C2=O)[C@H](C)O1. The molecule has 6 nitrogen and oxygen atoms in total. The third-order valence-corrected chi connectivity index (χ3v) is 4.42. The highest BCUT2D eigenvalue weighted by molar-refractivity contribution is 6.28. The Morgan fingerprint density at radius 1 is 1.25 bits per heavy atom. The first kappa shape index (κ1) is 16.4. The van der Waals surface area contributed by atoms with E-state index in [0.717, 1.165) is 0 Å². The molecule has 0 fully saturated rings. The van der Waals surface area contributed by atoms with Crippen LogP contribution < -0.4 is 4.74 Å². The Hall–Kier alpha value is -2.47. The van der Waals surface area contributed by atoms with Gasteiger partial charge in [0.1, 0.15) is 5.75 Å². The third kappa shape index (κ3) is 2.53. The molecule has 1 aromatic carbocycles. The van der Waals surface area contributed by atoms with E-state index in [0.29, 0.717) is 22.5 Å². The second kappa shape index (κ2) is 6.20. The Balaban J connectivity index is 2.03. The van der Waals surface area contributed by atoms with Gasteiger partial charge in [-0.25, -0.2) is 0 Å². The first-order valence-corrected chi connectivity index (χ1v) is 7.69. The van der Waals surface area contributed by atoms with Gasteiger partial charge in [-0.15, -0.1) is 0 Å². The fraction of sp³-hybridized carbons (Fsp3) is 0.389. The predicted molar refractivity (Wildman–Crippen MR) is 84.3 cm³/mol. The smallest absolute Gasteiger partial charge is 0.308 e. The van der Waals surface area contributed by atoms with Crippen molar-refractivity contribution >= 4 is 17.5 Å². The molecule has 0 radical (unpaired) electrons. The molecular weight excluding hydrogens is 312 g/mol. The largest absolute Gasteiger partial charge is 0.496 e. The van der Waals surface area contributed by atoms with Gasteiger partial charge in [0.15, 0.2) is 11.6 Å². The average molecular weight is 330 g/mol. The number of methoxy groups -OCH3 is 2. The quantitative estimate of drug-likeness (QED) is 0.790. The van der Waals surface area contributed by atoms with Crippen molar-refractivity contribution in [1.82, 2.24) is 0 Å². The number of hydrogen-bond acceptors (Lipinski definition) is 6. The van der Waals surface area contributed by atoms with E-state index in [2.05, 4.69) is 4.74 Å². The molecule has 0 saturated heterocycles. The summed E-state index contributed by atoms with van der Waals surface area (Å²) >= 11 is 0. The van der Waals surface area contributed by atoms with Crippen LogP contribution in [-0.4, -0.2) is 44.0 Å². The van der Waals surface area contributed by atoms with Crippen molar-refractivity contribution < 1.29 is 28.6 Å². The van der Waals surface area contributed by atoms with Crippen LogP contribution in [0.15, 0.2) is 29.3 Å². The molecule has 0 saturated carbocycles. The standard InChI is InChI=1S/C18H18O6/c1-9-15-12(7-10(24-9)8-14(19)23-3)17(20)11-5-4-6-13(22-2)16(11)18(15)21/h4-6,9-10H,7-8H2,1-3H3/t9-,10-/m0/s1. The molecule has 3 rings (SSSR count). The van der Waals surface area contributed by atoms with E-state index in [1.807, 2.05) is 0 Å². The summed E-state index contributed by atoms with van der Waals surface area (Å²) in [5.74, 6) is -0.487. The highest BCUT2D eigenvalue weighted by Crippen LogP contribution is 2.39. The molecule has 0 aromatic heterocycles. The minimum atomic E-state index is -0.571. The summed E-state index contributed by atoms with van der Waals surface area (Å²) in [5.41, 5.74) is 1.40. The topological polar surface area (TPSA) is 78.9 Å². The van der Waals surface area contributed by atoms with E-state index in [1.165, 1.54) is 14.2 Å². The van der Waals surface area contributed by atoms with Crippen molar-refractivity contribution in [3.05, 3.63) is 40.5 Å². The summed E-state index contributed by atoms with van der Waals surface area (Å²) in [4.78, 5) is 37.3. The Morgan fingerprint density at radius 3 is 2.67 bits per heavy atom. The number of fused-ring (bicyclic) bond motifs is 1. The van der Waals surface area contributed by atoms with E-state index in [1.54, 1.807) is 25.1 Å². The van der Waals surface area contributed by atoms with E-state index < -0.39 is 18.2 Å². The van der Waals surface area contributed by atoms with Crippen LogP contribution in [0.3, 0.4) is 0 Å². The normalized spacial score (nSPS) is 22.8. The second-order valence-corrected chi connectivity index (χ2v) is 5.82. The molecule has 24 heavy (non-hydrogen) atoms. The van der Waals surface area contributed by atoms with Crippen LogP contribution in [0.25, 0.3) is 0 Å². The fourth-order valence-corrected chi connectivity index (χ4v) is 3.34. The molecule has 1 heterocycles. The molecule has 2 atom stereocenters. The number of benzene rings is 1. The van der Waals surface area contributed by atoms with Gasteiger partial charge in [-0.2, -0.15) is 0 Å². The summed E-state index contributed by atoms with van der Waals surface area (Å²) in [6, 6.07) is 4.96. The van der Waals surface area contributed by atoms with Gasteiger partial charge in [-0.3, -0.25) is 14.4 Å². The molecule has 1 aliphatic carbocycles. The monoisotopic (exact) mass is 330 g/mol. The molecule has 0 unspecified atom stereocenters. The zero-order chi connectivity index (χ0) is 17.4. The van der Waals surface area contributed by atoms with Crippen molar-refractivity contribution in [3.63, 3.8) is 0 Å². The molecular formula is C18H18O6. The van der Waals surface area contributed by atoms with Gasteiger partial charge >= 0.3 is 5.97 Å². The van der Waals surface area contributed by atoms with Gasteiger partial charge in [-0.1, -0.05) is 12.1 Å². The molecule has 0 spiro atoms. The lowest BCUT2D eigenvalue weighted by Gasteiger charge is -2.34. The Morgan fingerprint density at radius 2 is 2.00 bits per heavy atom. The highest BCUT2D eigenvalue weighted by atomic mass is 16.5. The van der Waals surface area contributed by atoms with E-state index >= 15 is 0 Å². The van der Waals surface area contributed by atoms with Crippen LogP contribution in [0, 0.1) is 0 Å². The maximum atomic E-state index is 12.9. The first-order valence-electron chi connectivity index (χ1n) is 7.69. The summed E-state index contributed by atoms with van der Waals surface area (Å²) in [6.45, 7) is 1.71. The van der Waals surface area contributed by atoms with Gasteiger partial charge < -0.3 is 14.2 Å². The molecule has 0 N–H and O–H groups in total. The molecule has 0 bridgehead atoms. The minimum Gasteiger partial charge on any atom is -0.496 e. The fourth-order valence-electron chi connectivity index (χ4n) is 3.34. The summed E-state index contributed by atoms with van der Waals surface area (Å²) in [7, 11) is 2.77. The zero-order valence-electron chi connectivity index (χ0n) is 13.8. The molecule has 1 aromatic rings.